The van der Waals surface area contributed by atoms with Gasteiger partial charge in [-0.1, -0.05) is 121 Å². The van der Waals surface area contributed by atoms with Crippen LogP contribution >= 0.6 is 0 Å². The first-order valence-electron chi connectivity index (χ1n) is 13.9. The van der Waals surface area contributed by atoms with E-state index in [1.54, 1.807) is 12.1 Å². The molecule has 0 amide bonds. The van der Waals surface area contributed by atoms with Gasteiger partial charge in [-0.3, -0.25) is 0 Å². The second-order valence-corrected chi connectivity index (χ2v) is 9.93. The lowest BCUT2D eigenvalue weighted by molar-refractivity contribution is 0.631. The SMILES string of the molecule is Fc1ccc(-c2nc(-c3ccccc3)nc(-c3ccccc3)n2)cc1-c1cc(-c2ccccc2)nc(-c2ccccc2)n1. The summed E-state index contributed by atoms with van der Waals surface area (Å²) < 4.78 is 15.6. The molecule has 0 bridgehead atoms. The molecule has 0 N–H and O–H groups in total. The molecular weight excluding hydrogens is 533 g/mol. The van der Waals surface area contributed by atoms with Crippen LogP contribution in [0.4, 0.5) is 4.39 Å². The van der Waals surface area contributed by atoms with Crippen LogP contribution < -0.4 is 0 Å². The highest BCUT2D eigenvalue weighted by Crippen LogP contribution is 2.32. The first kappa shape index (κ1) is 26.0. The third-order valence-electron chi connectivity index (χ3n) is 7.03. The van der Waals surface area contributed by atoms with E-state index in [9.17, 15) is 0 Å². The Morgan fingerprint density at radius 1 is 0.326 bits per heavy atom. The fraction of sp³-hybridized carbons (Fsp3) is 0. The van der Waals surface area contributed by atoms with Gasteiger partial charge in [-0.25, -0.2) is 29.3 Å². The summed E-state index contributed by atoms with van der Waals surface area (Å²) in [5, 5.41) is 0. The van der Waals surface area contributed by atoms with Crippen LogP contribution in [0, 0.1) is 5.82 Å². The van der Waals surface area contributed by atoms with Crippen molar-refractivity contribution in [2.24, 2.45) is 0 Å². The molecule has 5 nitrogen and oxygen atoms in total. The number of rotatable bonds is 6. The Labute approximate surface area is 248 Å². The number of hydrogen-bond acceptors (Lipinski definition) is 5. The number of nitrogens with zero attached hydrogens (tertiary/aromatic N) is 5. The van der Waals surface area contributed by atoms with E-state index in [1.165, 1.54) is 6.07 Å². The summed E-state index contributed by atoms with van der Waals surface area (Å²) in [4.78, 5) is 24.1. The molecular formula is C37H24FN5. The highest BCUT2D eigenvalue weighted by atomic mass is 19.1. The van der Waals surface area contributed by atoms with Crippen LogP contribution in [0.15, 0.2) is 146 Å². The average Bonchev–Trinajstić information content (AvgIpc) is 3.09. The molecule has 2 aromatic heterocycles. The van der Waals surface area contributed by atoms with Gasteiger partial charge in [-0.2, -0.15) is 0 Å². The molecule has 204 valence electrons. The molecule has 0 saturated heterocycles. The molecule has 2 heterocycles. The van der Waals surface area contributed by atoms with E-state index in [4.69, 9.17) is 24.9 Å². The Hall–Kier alpha value is -5.88. The van der Waals surface area contributed by atoms with E-state index in [1.807, 2.05) is 127 Å². The zero-order chi connectivity index (χ0) is 29.0. The highest BCUT2D eigenvalue weighted by molar-refractivity contribution is 5.75. The molecule has 5 aromatic carbocycles. The topological polar surface area (TPSA) is 64.5 Å². The molecule has 0 fully saturated rings. The Morgan fingerprint density at radius 2 is 0.721 bits per heavy atom. The predicted octanol–water partition coefficient (Wildman–Crippen LogP) is 8.80. The number of benzene rings is 5. The van der Waals surface area contributed by atoms with Gasteiger partial charge in [0.2, 0.25) is 0 Å². The van der Waals surface area contributed by atoms with Gasteiger partial charge in [0.1, 0.15) is 5.82 Å². The summed E-state index contributed by atoms with van der Waals surface area (Å²) in [6, 6.07) is 45.7. The first-order chi connectivity index (χ1) is 21.2. The average molecular weight is 558 g/mol. The molecule has 7 rings (SSSR count). The zero-order valence-corrected chi connectivity index (χ0v) is 23.0. The second kappa shape index (κ2) is 11.5. The minimum absolute atomic E-state index is 0.331. The third-order valence-corrected chi connectivity index (χ3v) is 7.03. The van der Waals surface area contributed by atoms with Crippen LogP contribution in [-0.4, -0.2) is 24.9 Å². The predicted molar refractivity (Wildman–Crippen MR) is 168 cm³/mol. The molecule has 0 unspecified atom stereocenters. The van der Waals surface area contributed by atoms with Crippen LogP contribution in [-0.2, 0) is 0 Å². The quantitative estimate of drug-likeness (QED) is 0.204. The van der Waals surface area contributed by atoms with Crippen LogP contribution in [0.1, 0.15) is 0 Å². The van der Waals surface area contributed by atoms with Crippen molar-refractivity contribution < 1.29 is 4.39 Å². The van der Waals surface area contributed by atoms with Gasteiger partial charge >= 0.3 is 0 Å². The Morgan fingerprint density at radius 3 is 1.21 bits per heavy atom. The molecule has 0 aliphatic carbocycles. The fourth-order valence-electron chi connectivity index (χ4n) is 4.86. The Bertz CT molecular complexity index is 1900. The van der Waals surface area contributed by atoms with Crippen LogP contribution in [0.2, 0.25) is 0 Å². The highest BCUT2D eigenvalue weighted by Gasteiger charge is 2.17. The lowest BCUT2D eigenvalue weighted by atomic mass is 10.0. The Kier molecular flexibility index (Phi) is 6.99. The summed E-state index contributed by atoms with van der Waals surface area (Å²) in [6.45, 7) is 0. The number of hydrogen-bond donors (Lipinski definition) is 0. The van der Waals surface area contributed by atoms with E-state index in [-0.39, 0.29) is 0 Å². The molecule has 43 heavy (non-hydrogen) atoms. The van der Waals surface area contributed by atoms with E-state index in [0.717, 1.165) is 22.3 Å². The van der Waals surface area contributed by atoms with Gasteiger partial charge in [-0.05, 0) is 24.3 Å². The van der Waals surface area contributed by atoms with Crippen molar-refractivity contribution in [1.29, 1.82) is 0 Å². The van der Waals surface area contributed by atoms with Crippen LogP contribution in [0.5, 0.6) is 0 Å². The normalized spacial score (nSPS) is 10.9. The van der Waals surface area contributed by atoms with Gasteiger partial charge in [0.25, 0.3) is 0 Å². The van der Waals surface area contributed by atoms with Gasteiger partial charge < -0.3 is 0 Å². The smallest absolute Gasteiger partial charge is 0.164 e. The number of aromatic nitrogens is 5. The molecule has 0 saturated carbocycles. The van der Waals surface area contributed by atoms with E-state index < -0.39 is 5.82 Å². The summed E-state index contributed by atoms with van der Waals surface area (Å²) in [6.07, 6.45) is 0. The summed E-state index contributed by atoms with van der Waals surface area (Å²) in [7, 11) is 0. The molecule has 0 atom stereocenters. The lowest BCUT2D eigenvalue weighted by Crippen LogP contribution is -2.01. The number of halogens is 1. The largest absolute Gasteiger partial charge is 0.228 e. The van der Waals surface area contributed by atoms with Crippen molar-refractivity contribution in [3.8, 4) is 68.1 Å². The third kappa shape index (κ3) is 5.54. The fourth-order valence-corrected chi connectivity index (χ4v) is 4.86. The minimum Gasteiger partial charge on any atom is -0.228 e. The van der Waals surface area contributed by atoms with Gasteiger partial charge in [-0.15, -0.1) is 0 Å². The van der Waals surface area contributed by atoms with E-state index in [2.05, 4.69) is 0 Å². The molecule has 6 heteroatoms. The molecule has 0 aliphatic rings. The second-order valence-electron chi connectivity index (χ2n) is 9.93. The van der Waals surface area contributed by atoms with Gasteiger partial charge in [0.05, 0.1) is 11.4 Å². The monoisotopic (exact) mass is 557 g/mol. The zero-order valence-electron chi connectivity index (χ0n) is 23.0. The van der Waals surface area contributed by atoms with Gasteiger partial charge in [0, 0.05) is 33.4 Å². The molecule has 0 spiro atoms. The van der Waals surface area contributed by atoms with Crippen LogP contribution in [0.3, 0.4) is 0 Å². The standard InChI is InChI=1S/C37H24FN5/c38-31-22-21-29(37-42-35(27-17-9-3-10-18-27)41-36(43-37)28-19-11-4-12-20-28)23-30(31)33-24-32(25-13-5-1-6-14-25)39-34(40-33)26-15-7-2-8-16-26/h1-24H. The summed E-state index contributed by atoms with van der Waals surface area (Å²) in [5.41, 5.74) is 5.63. The maximum Gasteiger partial charge on any atom is 0.164 e. The van der Waals surface area contributed by atoms with Gasteiger partial charge in [0.15, 0.2) is 23.3 Å². The molecule has 0 radical (unpaired) electrons. The Balaban J connectivity index is 1.40. The van der Waals surface area contributed by atoms with Crippen molar-refractivity contribution in [3.63, 3.8) is 0 Å². The van der Waals surface area contributed by atoms with Crippen LogP contribution in [0.25, 0.3) is 68.1 Å². The van der Waals surface area contributed by atoms with Crippen molar-refractivity contribution in [3.05, 3.63) is 151 Å². The lowest BCUT2D eigenvalue weighted by Gasteiger charge is -2.12. The van der Waals surface area contributed by atoms with Crippen molar-refractivity contribution >= 4 is 0 Å². The summed E-state index contributed by atoms with van der Waals surface area (Å²) >= 11 is 0. The van der Waals surface area contributed by atoms with E-state index in [0.29, 0.717) is 45.8 Å². The van der Waals surface area contributed by atoms with Crippen molar-refractivity contribution in [2.45, 2.75) is 0 Å². The molecule has 7 aromatic rings. The maximum absolute atomic E-state index is 15.6. The van der Waals surface area contributed by atoms with Crippen molar-refractivity contribution in [2.75, 3.05) is 0 Å². The minimum atomic E-state index is -0.402. The van der Waals surface area contributed by atoms with Crippen molar-refractivity contribution in [1.82, 2.24) is 24.9 Å². The first-order valence-corrected chi connectivity index (χ1v) is 13.9. The van der Waals surface area contributed by atoms with E-state index >= 15 is 4.39 Å². The molecule has 0 aliphatic heterocycles. The summed E-state index contributed by atoms with van der Waals surface area (Å²) in [5.74, 6) is 1.63. The maximum atomic E-state index is 15.6.